The first kappa shape index (κ1) is 13.2. The molecule has 1 aromatic heterocycles. The number of halogens is 1. The number of ether oxygens (including phenoxy) is 1. The second-order valence-corrected chi connectivity index (χ2v) is 4.21. The average Bonchev–Trinajstić information content (AvgIpc) is 2.42. The van der Waals surface area contributed by atoms with Crippen LogP contribution in [0.25, 0.3) is 0 Å². The summed E-state index contributed by atoms with van der Waals surface area (Å²) < 4.78 is 5.64. The van der Waals surface area contributed by atoms with E-state index in [0.29, 0.717) is 11.3 Å². The summed E-state index contributed by atoms with van der Waals surface area (Å²) >= 11 is 6.13. The van der Waals surface area contributed by atoms with Crippen molar-refractivity contribution in [1.29, 1.82) is 0 Å². The smallest absolute Gasteiger partial charge is 0.238 e. The Kier molecular flexibility index (Phi) is 3.87. The van der Waals surface area contributed by atoms with Crippen molar-refractivity contribution in [1.82, 2.24) is 4.98 Å². The molecule has 0 aliphatic rings. The van der Waals surface area contributed by atoms with Crippen LogP contribution in [0.1, 0.15) is 11.1 Å². The van der Waals surface area contributed by atoms with Crippen molar-refractivity contribution in [3.05, 3.63) is 52.7 Å². The molecule has 0 bridgehead atoms. The summed E-state index contributed by atoms with van der Waals surface area (Å²) in [4.78, 5) is 4.05. The third kappa shape index (κ3) is 2.77. The minimum absolute atomic E-state index is 0.0953. The summed E-state index contributed by atoms with van der Waals surface area (Å²) in [6.45, 7) is 1.91. The molecule has 0 aliphatic carbocycles. The molecule has 5 nitrogen and oxygen atoms in total. The summed E-state index contributed by atoms with van der Waals surface area (Å²) in [5.41, 5.74) is 6.84. The van der Waals surface area contributed by atoms with Crippen molar-refractivity contribution in [3.63, 3.8) is 0 Å². The van der Waals surface area contributed by atoms with Crippen molar-refractivity contribution in [2.75, 3.05) is 0 Å². The van der Waals surface area contributed by atoms with Gasteiger partial charge in [-0.3, -0.25) is 0 Å². The van der Waals surface area contributed by atoms with Crippen LogP contribution in [0.4, 0.5) is 0 Å². The lowest BCUT2D eigenvalue weighted by Crippen LogP contribution is -2.14. The Morgan fingerprint density at radius 1 is 1.37 bits per heavy atom. The van der Waals surface area contributed by atoms with Gasteiger partial charge in [0.1, 0.15) is 10.8 Å². The van der Waals surface area contributed by atoms with Gasteiger partial charge in [-0.1, -0.05) is 35.0 Å². The lowest BCUT2D eigenvalue weighted by atomic mass is 10.2. The molecule has 0 saturated carbocycles. The molecular weight excluding hydrogens is 266 g/mol. The van der Waals surface area contributed by atoms with Gasteiger partial charge in [-0.15, -0.1) is 0 Å². The van der Waals surface area contributed by atoms with Crippen LogP contribution in [0.15, 0.2) is 41.7 Å². The average molecular weight is 278 g/mol. The van der Waals surface area contributed by atoms with Crippen LogP contribution in [0, 0.1) is 6.92 Å². The monoisotopic (exact) mass is 277 g/mol. The Bertz CT molecular complexity index is 629. The summed E-state index contributed by atoms with van der Waals surface area (Å²) in [6.07, 6.45) is 1.48. The molecule has 1 heterocycles. The number of nitrogens with two attached hydrogens (primary N) is 1. The topological polar surface area (TPSA) is 80.7 Å². The second kappa shape index (κ2) is 5.58. The Balaban J connectivity index is 2.40. The van der Waals surface area contributed by atoms with E-state index in [-0.39, 0.29) is 16.7 Å². The molecule has 2 rings (SSSR count). The van der Waals surface area contributed by atoms with Gasteiger partial charge in [0.2, 0.25) is 5.88 Å². The summed E-state index contributed by atoms with van der Waals surface area (Å²) in [5, 5.41) is 11.8. The fourth-order valence-electron chi connectivity index (χ4n) is 1.52. The highest BCUT2D eigenvalue weighted by Gasteiger charge is 2.13. The molecule has 1 aromatic carbocycles. The van der Waals surface area contributed by atoms with Crippen LogP contribution >= 0.6 is 11.6 Å². The summed E-state index contributed by atoms with van der Waals surface area (Å²) in [7, 11) is 0. The molecular formula is C13H12ClN3O2. The van der Waals surface area contributed by atoms with Crippen LogP contribution in [-0.4, -0.2) is 16.0 Å². The zero-order valence-electron chi connectivity index (χ0n) is 10.2. The number of hydrogen-bond acceptors (Lipinski definition) is 4. The van der Waals surface area contributed by atoms with Crippen LogP contribution in [0.5, 0.6) is 11.6 Å². The minimum atomic E-state index is -0.0953. The molecule has 0 radical (unpaired) electrons. The van der Waals surface area contributed by atoms with Gasteiger partial charge < -0.3 is 15.7 Å². The number of aryl methyl sites for hydroxylation is 1. The van der Waals surface area contributed by atoms with Gasteiger partial charge in [0, 0.05) is 11.8 Å². The molecule has 3 N–H and O–H groups in total. The number of oxime groups is 1. The zero-order chi connectivity index (χ0) is 13.8. The van der Waals surface area contributed by atoms with E-state index in [2.05, 4.69) is 10.1 Å². The molecule has 0 saturated heterocycles. The molecule has 98 valence electrons. The number of nitrogens with zero attached hydrogens (tertiary/aromatic N) is 2. The molecule has 19 heavy (non-hydrogen) atoms. The van der Waals surface area contributed by atoms with E-state index in [4.69, 9.17) is 27.3 Å². The third-order valence-electron chi connectivity index (χ3n) is 2.54. The maximum Gasteiger partial charge on any atom is 0.238 e. The minimum Gasteiger partial charge on any atom is -0.437 e. The number of benzene rings is 1. The maximum absolute atomic E-state index is 8.68. The van der Waals surface area contributed by atoms with E-state index >= 15 is 0 Å². The van der Waals surface area contributed by atoms with Gasteiger partial charge in [0.05, 0.1) is 0 Å². The van der Waals surface area contributed by atoms with Gasteiger partial charge in [-0.25, -0.2) is 4.98 Å². The third-order valence-corrected chi connectivity index (χ3v) is 2.91. The lowest BCUT2D eigenvalue weighted by Gasteiger charge is -2.10. The first-order valence-electron chi connectivity index (χ1n) is 5.49. The number of hydrogen-bond donors (Lipinski definition) is 2. The van der Waals surface area contributed by atoms with E-state index in [1.165, 1.54) is 6.20 Å². The molecule has 2 aromatic rings. The first-order valence-corrected chi connectivity index (χ1v) is 5.87. The zero-order valence-corrected chi connectivity index (χ0v) is 10.9. The highest BCUT2D eigenvalue weighted by atomic mass is 35.5. The van der Waals surface area contributed by atoms with Crippen molar-refractivity contribution < 1.29 is 9.94 Å². The van der Waals surface area contributed by atoms with Crippen LogP contribution in [0.3, 0.4) is 0 Å². The predicted octanol–water partition coefficient (Wildman–Crippen LogP) is 2.93. The summed E-state index contributed by atoms with van der Waals surface area (Å²) in [5.74, 6) is 0.760. The largest absolute Gasteiger partial charge is 0.437 e. The van der Waals surface area contributed by atoms with E-state index in [1.807, 2.05) is 31.2 Å². The maximum atomic E-state index is 8.68. The molecule has 0 amide bonds. The normalized spacial score (nSPS) is 11.4. The van der Waals surface area contributed by atoms with Gasteiger partial charge in [0.25, 0.3) is 0 Å². The standard InChI is InChI=1S/C13H12ClN3O2/c1-8-4-2-3-5-10(8)19-13-11(14)9(6-7-16-13)12(15)17-18/h2-7,18H,1H3,(H2,15,17). The number of pyridine rings is 1. The van der Waals surface area contributed by atoms with E-state index < -0.39 is 0 Å². The molecule has 0 aliphatic heterocycles. The fraction of sp³-hybridized carbons (Fsp3) is 0.0769. The van der Waals surface area contributed by atoms with Crippen molar-refractivity contribution >= 4 is 17.4 Å². The van der Waals surface area contributed by atoms with E-state index in [1.54, 1.807) is 6.07 Å². The molecule has 0 unspecified atom stereocenters. The highest BCUT2D eigenvalue weighted by molar-refractivity contribution is 6.35. The fourth-order valence-corrected chi connectivity index (χ4v) is 1.77. The molecule has 0 atom stereocenters. The number of para-hydroxylation sites is 1. The van der Waals surface area contributed by atoms with Crippen molar-refractivity contribution in [2.24, 2.45) is 10.9 Å². The molecule has 6 heteroatoms. The van der Waals surface area contributed by atoms with Gasteiger partial charge >= 0.3 is 0 Å². The highest BCUT2D eigenvalue weighted by Crippen LogP contribution is 2.31. The van der Waals surface area contributed by atoms with Gasteiger partial charge in [-0.2, -0.15) is 0 Å². The lowest BCUT2D eigenvalue weighted by molar-refractivity contribution is 0.318. The van der Waals surface area contributed by atoms with Crippen molar-refractivity contribution in [2.45, 2.75) is 6.92 Å². The number of aromatic nitrogens is 1. The first-order chi connectivity index (χ1) is 9.13. The number of rotatable bonds is 3. The molecule has 0 fully saturated rings. The molecule has 0 spiro atoms. The van der Waals surface area contributed by atoms with Crippen LogP contribution < -0.4 is 10.5 Å². The Morgan fingerprint density at radius 2 is 2.11 bits per heavy atom. The van der Waals surface area contributed by atoms with Gasteiger partial charge in [0.15, 0.2) is 5.84 Å². The Morgan fingerprint density at radius 3 is 2.79 bits per heavy atom. The van der Waals surface area contributed by atoms with Crippen LogP contribution in [0.2, 0.25) is 5.02 Å². The Hall–Kier alpha value is -2.27. The van der Waals surface area contributed by atoms with E-state index in [0.717, 1.165) is 5.56 Å². The van der Waals surface area contributed by atoms with E-state index in [9.17, 15) is 0 Å². The van der Waals surface area contributed by atoms with Gasteiger partial charge in [-0.05, 0) is 24.6 Å². The quantitative estimate of drug-likeness (QED) is 0.391. The Labute approximate surface area is 115 Å². The second-order valence-electron chi connectivity index (χ2n) is 3.83. The predicted molar refractivity (Wildman–Crippen MR) is 73.0 cm³/mol. The number of amidine groups is 1. The van der Waals surface area contributed by atoms with Crippen LogP contribution in [-0.2, 0) is 0 Å². The summed E-state index contributed by atoms with van der Waals surface area (Å²) in [6, 6.07) is 9.02. The van der Waals surface area contributed by atoms with Crippen molar-refractivity contribution in [3.8, 4) is 11.6 Å². The SMILES string of the molecule is Cc1ccccc1Oc1nccc(/C(N)=N/O)c1Cl.